The quantitative estimate of drug-likeness (QED) is 0.290. The lowest BCUT2D eigenvalue weighted by atomic mass is 9.97. The molecule has 0 aliphatic carbocycles. The topological polar surface area (TPSA) is 65.7 Å². The molecule has 1 unspecified atom stereocenters. The summed E-state index contributed by atoms with van der Waals surface area (Å²) in [6.07, 6.45) is 4.27. The molecule has 0 bridgehead atoms. The Balaban J connectivity index is 0.00000341. The largest absolute Gasteiger partial charge is 0.444 e. The Bertz CT molecular complexity index is 803. The number of nitrogens with one attached hydrogen (secondary N) is 2. The average Bonchev–Trinajstić information content (AvgIpc) is 3.19. The van der Waals surface area contributed by atoms with Crippen molar-refractivity contribution in [1.29, 1.82) is 0 Å². The van der Waals surface area contributed by atoms with Gasteiger partial charge in [-0.25, -0.2) is 9.98 Å². The summed E-state index contributed by atoms with van der Waals surface area (Å²) in [6.45, 7) is 14.6. The van der Waals surface area contributed by atoms with E-state index < -0.39 is 0 Å². The smallest absolute Gasteiger partial charge is 0.226 e. The lowest BCUT2D eigenvalue weighted by Gasteiger charge is -2.34. The van der Waals surface area contributed by atoms with Gasteiger partial charge in [-0.05, 0) is 57.2 Å². The summed E-state index contributed by atoms with van der Waals surface area (Å²) in [7, 11) is 0. The van der Waals surface area contributed by atoms with Crippen LogP contribution in [0.2, 0.25) is 0 Å². The highest BCUT2D eigenvalue weighted by Crippen LogP contribution is 2.19. The van der Waals surface area contributed by atoms with Gasteiger partial charge in [-0.15, -0.1) is 24.0 Å². The predicted molar refractivity (Wildman–Crippen MR) is 139 cm³/mol. The van der Waals surface area contributed by atoms with Crippen molar-refractivity contribution in [3.05, 3.63) is 41.8 Å². The Morgan fingerprint density at radius 1 is 1.26 bits per heavy atom. The molecule has 6 nitrogen and oxygen atoms in total. The van der Waals surface area contributed by atoms with Crippen LogP contribution in [0.5, 0.6) is 0 Å². The van der Waals surface area contributed by atoms with Crippen molar-refractivity contribution in [1.82, 2.24) is 20.5 Å². The molecule has 1 aromatic carbocycles. The van der Waals surface area contributed by atoms with Crippen molar-refractivity contribution in [2.45, 2.75) is 47.1 Å². The Labute approximate surface area is 204 Å². The van der Waals surface area contributed by atoms with Gasteiger partial charge in [0, 0.05) is 31.7 Å². The van der Waals surface area contributed by atoms with Crippen LogP contribution in [0.15, 0.2) is 39.9 Å². The Morgan fingerprint density at radius 2 is 2.03 bits per heavy atom. The minimum atomic E-state index is 0. The van der Waals surface area contributed by atoms with Gasteiger partial charge < -0.3 is 20.0 Å². The lowest BCUT2D eigenvalue weighted by molar-refractivity contribution is 0.159. The number of rotatable bonds is 8. The number of aliphatic imine (C=N–C) groups is 1. The lowest BCUT2D eigenvalue weighted by Crippen LogP contribution is -2.45. The van der Waals surface area contributed by atoms with E-state index in [0.717, 1.165) is 36.2 Å². The number of hydrogen-bond donors (Lipinski definition) is 2. The standard InChI is InChI=1S/C24H37N5O.HI/c1-5-25-24(26-13-20-7-6-12-29(16-20)15-18(2)3)27-14-22-17-30-23(28-22)21-10-8-19(4)9-11-21;/h8-11,17-18,20H,5-7,12-16H2,1-4H3,(H2,25,26,27);1H. The number of oxazole rings is 1. The summed E-state index contributed by atoms with van der Waals surface area (Å²) >= 11 is 0. The Hall–Kier alpha value is -1.61. The van der Waals surface area contributed by atoms with Crippen LogP contribution in [0.3, 0.4) is 0 Å². The molecule has 0 amide bonds. The van der Waals surface area contributed by atoms with E-state index in [1.807, 2.05) is 12.1 Å². The fourth-order valence-electron chi connectivity index (χ4n) is 3.95. The first-order valence-corrected chi connectivity index (χ1v) is 11.3. The van der Waals surface area contributed by atoms with Crippen molar-refractivity contribution < 1.29 is 4.42 Å². The summed E-state index contributed by atoms with van der Waals surface area (Å²) in [4.78, 5) is 11.9. The van der Waals surface area contributed by atoms with Gasteiger partial charge in [0.15, 0.2) is 5.96 Å². The minimum Gasteiger partial charge on any atom is -0.444 e. The molecule has 0 spiro atoms. The average molecular weight is 540 g/mol. The summed E-state index contributed by atoms with van der Waals surface area (Å²) in [5.74, 6) is 2.88. The number of aryl methyl sites for hydroxylation is 1. The SMILES string of the molecule is CCNC(=NCc1coc(-c2ccc(C)cc2)n1)NCC1CCCN(CC(C)C)C1.I. The zero-order valence-corrected chi connectivity index (χ0v) is 21.7. The van der Waals surface area contributed by atoms with Gasteiger partial charge in [0.2, 0.25) is 5.89 Å². The van der Waals surface area contributed by atoms with Crippen molar-refractivity contribution in [3.63, 3.8) is 0 Å². The van der Waals surface area contributed by atoms with E-state index >= 15 is 0 Å². The first-order valence-electron chi connectivity index (χ1n) is 11.3. The van der Waals surface area contributed by atoms with E-state index in [4.69, 9.17) is 9.41 Å². The second-order valence-electron chi connectivity index (χ2n) is 8.75. The molecule has 1 aliphatic heterocycles. The molecular formula is C24H38IN5O. The number of guanidine groups is 1. The van der Waals surface area contributed by atoms with Crippen LogP contribution in [-0.2, 0) is 6.54 Å². The molecule has 0 saturated carbocycles. The highest BCUT2D eigenvalue weighted by molar-refractivity contribution is 14.0. The van der Waals surface area contributed by atoms with E-state index in [-0.39, 0.29) is 24.0 Å². The molecule has 2 N–H and O–H groups in total. The normalized spacial score (nSPS) is 17.5. The maximum absolute atomic E-state index is 5.65. The van der Waals surface area contributed by atoms with Crippen LogP contribution < -0.4 is 10.6 Å². The maximum Gasteiger partial charge on any atom is 0.226 e. The van der Waals surface area contributed by atoms with Crippen molar-refractivity contribution in [2.75, 3.05) is 32.7 Å². The minimum absolute atomic E-state index is 0. The van der Waals surface area contributed by atoms with Crippen LogP contribution in [0.1, 0.15) is 44.9 Å². The van der Waals surface area contributed by atoms with Crippen LogP contribution in [0.25, 0.3) is 11.5 Å². The van der Waals surface area contributed by atoms with E-state index in [9.17, 15) is 0 Å². The molecule has 3 rings (SSSR count). The summed E-state index contributed by atoms with van der Waals surface area (Å²) < 4.78 is 5.65. The number of aromatic nitrogens is 1. The van der Waals surface area contributed by atoms with Crippen molar-refractivity contribution >= 4 is 29.9 Å². The van der Waals surface area contributed by atoms with Crippen LogP contribution in [0.4, 0.5) is 0 Å². The third kappa shape index (κ3) is 8.44. The maximum atomic E-state index is 5.65. The predicted octanol–water partition coefficient (Wildman–Crippen LogP) is 4.69. The zero-order valence-electron chi connectivity index (χ0n) is 19.4. The summed E-state index contributed by atoms with van der Waals surface area (Å²) in [6, 6.07) is 8.20. The van der Waals surface area contributed by atoms with Crippen LogP contribution >= 0.6 is 24.0 Å². The van der Waals surface area contributed by atoms with Gasteiger partial charge in [-0.2, -0.15) is 0 Å². The first kappa shape index (κ1) is 25.6. The van der Waals surface area contributed by atoms with E-state index in [1.165, 1.54) is 38.0 Å². The monoisotopic (exact) mass is 539 g/mol. The van der Waals surface area contributed by atoms with Crippen LogP contribution in [0, 0.1) is 18.8 Å². The van der Waals surface area contributed by atoms with Gasteiger partial charge in [-0.1, -0.05) is 31.5 Å². The zero-order chi connectivity index (χ0) is 21.3. The van der Waals surface area contributed by atoms with Crippen molar-refractivity contribution in [3.8, 4) is 11.5 Å². The number of piperidine rings is 1. The van der Waals surface area contributed by atoms with Gasteiger partial charge in [0.05, 0.1) is 6.54 Å². The van der Waals surface area contributed by atoms with Gasteiger partial charge in [-0.3, -0.25) is 0 Å². The molecule has 172 valence electrons. The fourth-order valence-corrected chi connectivity index (χ4v) is 3.95. The number of hydrogen-bond acceptors (Lipinski definition) is 4. The highest BCUT2D eigenvalue weighted by Gasteiger charge is 2.20. The number of nitrogens with zero attached hydrogens (tertiary/aromatic N) is 3. The van der Waals surface area contributed by atoms with Crippen molar-refractivity contribution in [2.24, 2.45) is 16.8 Å². The third-order valence-corrected chi connectivity index (χ3v) is 5.38. The third-order valence-electron chi connectivity index (χ3n) is 5.38. The number of benzene rings is 1. The summed E-state index contributed by atoms with van der Waals surface area (Å²) in [5.41, 5.74) is 3.05. The molecule has 1 atom stereocenters. The molecule has 1 saturated heterocycles. The Kier molecular flexibility index (Phi) is 10.8. The first-order chi connectivity index (χ1) is 14.5. The van der Waals surface area contributed by atoms with Gasteiger partial charge >= 0.3 is 0 Å². The fraction of sp³-hybridized carbons (Fsp3) is 0.583. The molecule has 31 heavy (non-hydrogen) atoms. The van der Waals surface area contributed by atoms with Crippen LogP contribution in [-0.4, -0.2) is 48.6 Å². The molecule has 2 heterocycles. The van der Waals surface area contributed by atoms with E-state index in [0.29, 0.717) is 18.4 Å². The molecule has 1 aliphatic rings. The number of likely N-dealkylation sites (tertiary alicyclic amines) is 1. The highest BCUT2D eigenvalue weighted by atomic mass is 127. The molecule has 0 radical (unpaired) electrons. The van der Waals surface area contributed by atoms with Gasteiger partial charge in [0.25, 0.3) is 0 Å². The Morgan fingerprint density at radius 3 is 2.74 bits per heavy atom. The molecular weight excluding hydrogens is 501 g/mol. The second-order valence-corrected chi connectivity index (χ2v) is 8.75. The second kappa shape index (κ2) is 13.1. The molecule has 2 aromatic rings. The van der Waals surface area contributed by atoms with Gasteiger partial charge in [0.1, 0.15) is 12.0 Å². The van der Waals surface area contributed by atoms with E-state index in [2.05, 4.69) is 60.3 Å². The number of halogens is 1. The molecule has 1 aromatic heterocycles. The molecule has 1 fully saturated rings. The summed E-state index contributed by atoms with van der Waals surface area (Å²) in [5, 5.41) is 6.88. The molecule has 7 heteroatoms. The van der Waals surface area contributed by atoms with E-state index in [1.54, 1.807) is 6.26 Å².